The molecule has 0 saturated carbocycles. The summed E-state index contributed by atoms with van der Waals surface area (Å²) in [7, 11) is 0. The maximum atomic E-state index is 11.2. The quantitative estimate of drug-likeness (QED) is 0.583. The zero-order chi connectivity index (χ0) is 10.6. The van der Waals surface area contributed by atoms with Crippen molar-refractivity contribution in [3.8, 4) is 0 Å². The molecular formula is C11H10O3. The smallest absolute Gasteiger partial charge is 0.311 e. The summed E-state index contributed by atoms with van der Waals surface area (Å²) < 4.78 is 0. The summed E-state index contributed by atoms with van der Waals surface area (Å²) >= 11 is 0. The fourth-order valence-electron chi connectivity index (χ4n) is 1.04. The molecule has 0 aliphatic heterocycles. The highest BCUT2D eigenvalue weighted by atomic mass is 16.4. The molecule has 0 atom stereocenters. The second kappa shape index (κ2) is 4.37. The molecule has 0 aliphatic carbocycles. The zero-order valence-corrected chi connectivity index (χ0v) is 7.56. The lowest BCUT2D eigenvalue weighted by molar-refractivity contribution is -0.135. The second-order valence-corrected chi connectivity index (χ2v) is 2.82. The highest BCUT2D eigenvalue weighted by molar-refractivity contribution is 6.05. The van der Waals surface area contributed by atoms with Crippen molar-refractivity contribution in [2.24, 2.45) is 0 Å². The third kappa shape index (κ3) is 2.55. The van der Waals surface area contributed by atoms with E-state index in [0.717, 1.165) is 5.56 Å². The topological polar surface area (TPSA) is 54.4 Å². The van der Waals surface area contributed by atoms with Crippen molar-refractivity contribution >= 4 is 17.8 Å². The molecule has 0 fully saturated rings. The van der Waals surface area contributed by atoms with Crippen LogP contribution in [0.15, 0.2) is 30.8 Å². The normalized spacial score (nSPS) is 9.43. The molecule has 0 saturated heterocycles. The van der Waals surface area contributed by atoms with Gasteiger partial charge < -0.3 is 5.11 Å². The summed E-state index contributed by atoms with van der Waals surface area (Å²) in [6, 6.07) is 6.65. The predicted molar refractivity (Wildman–Crippen MR) is 53.1 cm³/mol. The fraction of sp³-hybridized carbons (Fsp3) is 0.0909. The Morgan fingerprint density at radius 2 is 1.86 bits per heavy atom. The molecule has 0 aromatic heterocycles. The highest BCUT2D eigenvalue weighted by Crippen LogP contribution is 2.07. The molecule has 0 radical (unpaired) electrons. The molecule has 72 valence electrons. The van der Waals surface area contributed by atoms with E-state index in [1.807, 2.05) is 0 Å². The van der Waals surface area contributed by atoms with Gasteiger partial charge in [-0.15, -0.1) is 0 Å². The number of carbonyl (C=O) groups is 2. The minimum atomic E-state index is -1.11. The number of carbonyl (C=O) groups excluding carboxylic acids is 1. The Morgan fingerprint density at radius 3 is 2.29 bits per heavy atom. The van der Waals surface area contributed by atoms with Crippen LogP contribution in [0.25, 0.3) is 6.08 Å². The molecule has 0 unspecified atom stereocenters. The van der Waals surface area contributed by atoms with Gasteiger partial charge in [0, 0.05) is 5.56 Å². The minimum absolute atomic E-state index is 0.381. The summed E-state index contributed by atoms with van der Waals surface area (Å²) in [6.45, 7) is 3.57. The number of carboxylic acids is 1. The first-order valence-electron chi connectivity index (χ1n) is 4.11. The van der Waals surface area contributed by atoms with Gasteiger partial charge in [0.05, 0.1) is 0 Å². The van der Waals surface area contributed by atoms with Crippen molar-refractivity contribution in [3.63, 3.8) is 0 Å². The number of hydrogen-bond acceptors (Lipinski definition) is 2. The van der Waals surface area contributed by atoms with Crippen molar-refractivity contribution in [3.05, 3.63) is 42.0 Å². The first-order valence-corrected chi connectivity index (χ1v) is 4.11. The number of rotatable bonds is 4. The van der Waals surface area contributed by atoms with Crippen LogP contribution in [-0.4, -0.2) is 16.9 Å². The summed E-state index contributed by atoms with van der Waals surface area (Å²) in [5.41, 5.74) is 1.31. The van der Waals surface area contributed by atoms with Crippen molar-refractivity contribution in [2.45, 2.75) is 6.42 Å². The van der Waals surface area contributed by atoms with Gasteiger partial charge in [-0.2, -0.15) is 0 Å². The largest absolute Gasteiger partial charge is 0.481 e. The third-order valence-electron chi connectivity index (χ3n) is 1.78. The van der Waals surface area contributed by atoms with Crippen LogP contribution in [0, 0.1) is 0 Å². The molecule has 14 heavy (non-hydrogen) atoms. The van der Waals surface area contributed by atoms with E-state index in [1.165, 1.54) is 0 Å². The number of Topliss-reactive ketones (excluding diaryl/α,β-unsaturated/α-hetero) is 1. The van der Waals surface area contributed by atoms with Crippen LogP contribution in [-0.2, 0) is 4.79 Å². The number of hydrogen-bond donors (Lipinski definition) is 1. The molecule has 0 amide bonds. The first kappa shape index (κ1) is 10.2. The van der Waals surface area contributed by atoms with E-state index in [4.69, 9.17) is 5.11 Å². The summed E-state index contributed by atoms with van der Waals surface area (Å²) in [4.78, 5) is 21.5. The molecule has 1 aromatic rings. The number of carboxylic acid groups (broad SMARTS) is 1. The van der Waals surface area contributed by atoms with Gasteiger partial charge in [0.1, 0.15) is 6.42 Å². The second-order valence-electron chi connectivity index (χ2n) is 2.82. The Hall–Kier alpha value is -1.90. The summed E-state index contributed by atoms with van der Waals surface area (Å²) in [5, 5.41) is 8.41. The molecule has 1 N–H and O–H groups in total. The Balaban J connectivity index is 2.81. The van der Waals surface area contributed by atoms with Crippen LogP contribution < -0.4 is 0 Å². The molecule has 3 heteroatoms. The van der Waals surface area contributed by atoms with Gasteiger partial charge in [-0.1, -0.05) is 36.9 Å². The molecule has 3 nitrogen and oxygen atoms in total. The summed E-state index contributed by atoms with van der Waals surface area (Å²) in [5.74, 6) is -1.49. The summed E-state index contributed by atoms with van der Waals surface area (Å²) in [6.07, 6.45) is 1.19. The SMILES string of the molecule is C=Cc1ccc(C(=O)CC(=O)O)cc1. The molecular weight excluding hydrogens is 180 g/mol. The molecule has 0 spiro atoms. The lowest BCUT2D eigenvalue weighted by Crippen LogP contribution is -2.06. The van der Waals surface area contributed by atoms with Gasteiger partial charge >= 0.3 is 5.97 Å². The predicted octanol–water partition coefficient (Wildman–Crippen LogP) is 1.99. The van der Waals surface area contributed by atoms with Crippen molar-refractivity contribution < 1.29 is 14.7 Å². The average molecular weight is 190 g/mol. The Kier molecular flexibility index (Phi) is 3.18. The van der Waals surface area contributed by atoms with Crippen molar-refractivity contribution in [2.75, 3.05) is 0 Å². The average Bonchev–Trinajstić information content (AvgIpc) is 2.17. The van der Waals surface area contributed by atoms with Crippen LogP contribution >= 0.6 is 0 Å². The van der Waals surface area contributed by atoms with Crippen LogP contribution in [0.2, 0.25) is 0 Å². The lowest BCUT2D eigenvalue weighted by atomic mass is 10.1. The Bertz CT molecular complexity index is 363. The van der Waals surface area contributed by atoms with Crippen molar-refractivity contribution in [1.29, 1.82) is 0 Å². The van der Waals surface area contributed by atoms with E-state index in [9.17, 15) is 9.59 Å². The molecule has 1 aromatic carbocycles. The number of ketones is 1. The van der Waals surface area contributed by atoms with E-state index >= 15 is 0 Å². The Morgan fingerprint density at radius 1 is 1.29 bits per heavy atom. The number of benzene rings is 1. The van der Waals surface area contributed by atoms with Gasteiger partial charge in [0.15, 0.2) is 5.78 Å². The van der Waals surface area contributed by atoms with E-state index in [1.54, 1.807) is 30.3 Å². The maximum Gasteiger partial charge on any atom is 0.311 e. The third-order valence-corrected chi connectivity index (χ3v) is 1.78. The standard InChI is InChI=1S/C11H10O3/c1-2-8-3-5-9(6-4-8)10(12)7-11(13)14/h2-6H,1,7H2,(H,13,14). The van der Waals surface area contributed by atoms with Gasteiger partial charge in [0.2, 0.25) is 0 Å². The fourth-order valence-corrected chi connectivity index (χ4v) is 1.04. The molecule has 0 aliphatic rings. The molecule has 0 heterocycles. The monoisotopic (exact) mass is 190 g/mol. The molecule has 0 bridgehead atoms. The van der Waals surface area contributed by atoms with Gasteiger partial charge in [-0.3, -0.25) is 9.59 Å². The molecule has 1 rings (SSSR count). The van der Waals surface area contributed by atoms with Crippen LogP contribution in [0.4, 0.5) is 0 Å². The van der Waals surface area contributed by atoms with E-state index in [-0.39, 0.29) is 5.78 Å². The van der Waals surface area contributed by atoms with Crippen molar-refractivity contribution in [1.82, 2.24) is 0 Å². The Labute approximate surface area is 81.7 Å². The maximum absolute atomic E-state index is 11.2. The van der Waals surface area contributed by atoms with E-state index in [0.29, 0.717) is 5.56 Å². The van der Waals surface area contributed by atoms with Crippen LogP contribution in [0.3, 0.4) is 0 Å². The highest BCUT2D eigenvalue weighted by Gasteiger charge is 2.09. The van der Waals surface area contributed by atoms with Gasteiger partial charge in [-0.25, -0.2) is 0 Å². The minimum Gasteiger partial charge on any atom is -0.481 e. The van der Waals surface area contributed by atoms with E-state index in [2.05, 4.69) is 6.58 Å². The van der Waals surface area contributed by atoms with Crippen LogP contribution in [0.5, 0.6) is 0 Å². The van der Waals surface area contributed by atoms with Crippen LogP contribution in [0.1, 0.15) is 22.3 Å². The number of aliphatic carboxylic acids is 1. The van der Waals surface area contributed by atoms with E-state index < -0.39 is 12.4 Å². The lowest BCUT2D eigenvalue weighted by Gasteiger charge is -1.98. The first-order chi connectivity index (χ1) is 6.63. The van der Waals surface area contributed by atoms with Gasteiger partial charge in [-0.05, 0) is 5.56 Å². The zero-order valence-electron chi connectivity index (χ0n) is 7.56. The van der Waals surface area contributed by atoms with Gasteiger partial charge in [0.25, 0.3) is 0 Å².